The van der Waals surface area contributed by atoms with Crippen molar-refractivity contribution in [3.63, 3.8) is 0 Å². The van der Waals surface area contributed by atoms with E-state index in [1.165, 1.54) is 19.1 Å². The molecule has 2 aromatic carbocycles. The van der Waals surface area contributed by atoms with E-state index < -0.39 is 17.7 Å². The van der Waals surface area contributed by atoms with Crippen LogP contribution in [0.3, 0.4) is 0 Å². The number of benzene rings is 2. The molecule has 192 valence electrons. The van der Waals surface area contributed by atoms with Crippen LogP contribution in [0, 0.1) is 6.92 Å². The molecule has 0 bridgehead atoms. The Hall–Kier alpha value is -3.56. The van der Waals surface area contributed by atoms with E-state index in [4.69, 9.17) is 18.9 Å². The van der Waals surface area contributed by atoms with Crippen LogP contribution >= 0.6 is 0 Å². The van der Waals surface area contributed by atoms with Crippen molar-refractivity contribution < 1.29 is 33.6 Å². The predicted molar refractivity (Wildman–Crippen MR) is 134 cm³/mol. The monoisotopic (exact) mass is 496 g/mol. The number of carbonyl (C=O) groups is 2. The summed E-state index contributed by atoms with van der Waals surface area (Å²) in [5.41, 5.74) is 1.91. The molecule has 0 spiro atoms. The highest BCUT2D eigenvalue weighted by atomic mass is 16.5. The fraction of sp³-hybridized carbons (Fsp3) is 0.407. The summed E-state index contributed by atoms with van der Waals surface area (Å²) in [4.78, 5) is 30.3. The highest BCUT2D eigenvalue weighted by Gasteiger charge is 2.46. The number of methoxy groups -OCH3 is 3. The van der Waals surface area contributed by atoms with Gasteiger partial charge in [-0.1, -0.05) is 6.07 Å². The largest absolute Gasteiger partial charge is 0.507 e. The number of morpholine rings is 1. The third-order valence-corrected chi connectivity index (χ3v) is 6.69. The second-order valence-electron chi connectivity index (χ2n) is 8.75. The lowest BCUT2D eigenvalue weighted by Crippen LogP contribution is -2.42. The lowest BCUT2D eigenvalue weighted by atomic mass is 9.94. The van der Waals surface area contributed by atoms with Crippen LogP contribution in [0.5, 0.6) is 17.2 Å². The number of ketones is 1. The normalized spacial score (nSPS) is 20.0. The summed E-state index contributed by atoms with van der Waals surface area (Å²) in [5, 5.41) is 11.3. The maximum Gasteiger partial charge on any atom is 0.295 e. The molecule has 9 nitrogen and oxygen atoms in total. The molecule has 9 heteroatoms. The number of ether oxygens (including phenoxy) is 4. The summed E-state index contributed by atoms with van der Waals surface area (Å²) in [6.07, 6.45) is 0. The Kier molecular flexibility index (Phi) is 7.81. The fourth-order valence-corrected chi connectivity index (χ4v) is 4.74. The van der Waals surface area contributed by atoms with E-state index in [-0.39, 0.29) is 11.3 Å². The van der Waals surface area contributed by atoms with Crippen molar-refractivity contribution in [2.75, 3.05) is 60.7 Å². The molecule has 2 aromatic rings. The standard InChI is InChI=1S/C27H32N2O7/c1-17-15-19(6-7-20(17)33-2)25(30)23-24(18-5-8-21(34-3)22(16-18)35-4)29(27(32)26(23)31)10-9-28-11-13-36-14-12-28/h5-8,15-16,24,30H,9-14H2,1-4H3/t24-/m0/s1. The first-order chi connectivity index (χ1) is 17.4. The molecule has 0 aliphatic carbocycles. The second kappa shape index (κ2) is 11.0. The number of nitrogens with zero attached hydrogens (tertiary/aromatic N) is 2. The van der Waals surface area contributed by atoms with E-state index in [0.717, 1.165) is 18.7 Å². The molecule has 2 saturated heterocycles. The van der Waals surface area contributed by atoms with E-state index in [0.29, 0.717) is 54.7 Å². The Morgan fingerprint density at radius 1 is 0.944 bits per heavy atom. The molecule has 1 atom stereocenters. The van der Waals surface area contributed by atoms with Gasteiger partial charge in [-0.3, -0.25) is 14.5 Å². The lowest BCUT2D eigenvalue weighted by Gasteiger charge is -2.31. The van der Waals surface area contributed by atoms with Gasteiger partial charge in [-0.2, -0.15) is 0 Å². The summed E-state index contributed by atoms with van der Waals surface area (Å²) in [7, 11) is 4.63. The van der Waals surface area contributed by atoms with Crippen molar-refractivity contribution >= 4 is 17.4 Å². The Morgan fingerprint density at radius 3 is 2.25 bits per heavy atom. The van der Waals surface area contributed by atoms with E-state index in [2.05, 4.69) is 4.90 Å². The van der Waals surface area contributed by atoms with Crippen molar-refractivity contribution in [3.05, 3.63) is 58.7 Å². The van der Waals surface area contributed by atoms with Gasteiger partial charge in [0.15, 0.2) is 11.5 Å². The molecular formula is C27H32N2O7. The van der Waals surface area contributed by atoms with Crippen LogP contribution in [0.15, 0.2) is 42.0 Å². The van der Waals surface area contributed by atoms with Gasteiger partial charge in [0.25, 0.3) is 11.7 Å². The number of carbonyl (C=O) groups excluding carboxylic acids is 2. The quantitative estimate of drug-likeness (QED) is 0.339. The van der Waals surface area contributed by atoms with Gasteiger partial charge < -0.3 is 29.0 Å². The van der Waals surface area contributed by atoms with Gasteiger partial charge in [-0.05, 0) is 48.4 Å². The number of aliphatic hydroxyl groups excluding tert-OH is 1. The lowest BCUT2D eigenvalue weighted by molar-refractivity contribution is -0.140. The molecule has 36 heavy (non-hydrogen) atoms. The Balaban J connectivity index is 1.79. The summed E-state index contributed by atoms with van der Waals surface area (Å²) >= 11 is 0. The first-order valence-corrected chi connectivity index (χ1v) is 11.8. The maximum absolute atomic E-state index is 13.3. The van der Waals surface area contributed by atoms with Gasteiger partial charge in [0.1, 0.15) is 11.5 Å². The number of Topliss-reactive ketones (excluding diaryl/α,β-unsaturated/α-hetero) is 1. The number of rotatable bonds is 8. The molecule has 0 aromatic heterocycles. The van der Waals surface area contributed by atoms with Crippen molar-refractivity contribution in [1.82, 2.24) is 9.80 Å². The third kappa shape index (κ3) is 4.89. The third-order valence-electron chi connectivity index (χ3n) is 6.69. The molecule has 0 saturated carbocycles. The van der Waals surface area contributed by atoms with Crippen LogP contribution < -0.4 is 14.2 Å². The number of hydrogen-bond acceptors (Lipinski definition) is 8. The van der Waals surface area contributed by atoms with E-state index in [9.17, 15) is 14.7 Å². The fourth-order valence-electron chi connectivity index (χ4n) is 4.74. The second-order valence-corrected chi connectivity index (χ2v) is 8.75. The Labute approximate surface area is 210 Å². The van der Waals surface area contributed by atoms with Gasteiger partial charge in [0.2, 0.25) is 0 Å². The van der Waals surface area contributed by atoms with Crippen LogP contribution in [0.4, 0.5) is 0 Å². The van der Waals surface area contributed by atoms with Gasteiger partial charge in [-0.25, -0.2) is 0 Å². The molecule has 2 fully saturated rings. The number of likely N-dealkylation sites (tertiary alicyclic amines) is 1. The number of amides is 1. The molecule has 0 radical (unpaired) electrons. The SMILES string of the molecule is COc1ccc(C(O)=C2C(=O)C(=O)N(CCN3CCOCC3)[C@H]2c2ccc(OC)c(OC)c2)cc1C. The van der Waals surface area contributed by atoms with Crippen molar-refractivity contribution in [1.29, 1.82) is 0 Å². The smallest absolute Gasteiger partial charge is 0.295 e. The van der Waals surface area contributed by atoms with Crippen molar-refractivity contribution in [2.24, 2.45) is 0 Å². The van der Waals surface area contributed by atoms with Crippen LogP contribution in [-0.2, 0) is 14.3 Å². The molecule has 0 unspecified atom stereocenters. The van der Waals surface area contributed by atoms with E-state index >= 15 is 0 Å². The van der Waals surface area contributed by atoms with E-state index in [1.54, 1.807) is 43.5 Å². The molecule has 1 amide bonds. The highest BCUT2D eigenvalue weighted by Crippen LogP contribution is 2.42. The average molecular weight is 497 g/mol. The molecule has 1 N–H and O–H groups in total. The Bertz CT molecular complexity index is 1170. The molecule has 2 heterocycles. The summed E-state index contributed by atoms with van der Waals surface area (Å²) in [6.45, 7) is 5.54. The number of hydrogen-bond donors (Lipinski definition) is 1. The first-order valence-electron chi connectivity index (χ1n) is 11.8. The van der Waals surface area contributed by atoms with Crippen LogP contribution in [0.25, 0.3) is 5.76 Å². The predicted octanol–water partition coefficient (Wildman–Crippen LogP) is 2.77. The zero-order valence-corrected chi connectivity index (χ0v) is 21.1. The summed E-state index contributed by atoms with van der Waals surface area (Å²) in [6, 6.07) is 9.61. The van der Waals surface area contributed by atoms with Gasteiger partial charge in [0.05, 0.1) is 46.2 Å². The van der Waals surface area contributed by atoms with Crippen molar-refractivity contribution in [2.45, 2.75) is 13.0 Å². The maximum atomic E-state index is 13.3. The summed E-state index contributed by atoms with van der Waals surface area (Å²) in [5.74, 6) is 0.0608. The molecule has 4 rings (SSSR count). The van der Waals surface area contributed by atoms with Crippen LogP contribution in [0.2, 0.25) is 0 Å². The zero-order valence-electron chi connectivity index (χ0n) is 21.1. The minimum absolute atomic E-state index is 0.0405. The van der Waals surface area contributed by atoms with E-state index in [1.807, 2.05) is 6.92 Å². The van der Waals surface area contributed by atoms with Gasteiger partial charge >= 0.3 is 0 Å². The zero-order chi connectivity index (χ0) is 25.8. The van der Waals surface area contributed by atoms with Crippen LogP contribution in [0.1, 0.15) is 22.7 Å². The molecule has 2 aliphatic heterocycles. The van der Waals surface area contributed by atoms with Crippen molar-refractivity contribution in [3.8, 4) is 17.2 Å². The molecular weight excluding hydrogens is 464 g/mol. The summed E-state index contributed by atoms with van der Waals surface area (Å²) < 4.78 is 21.6. The minimum atomic E-state index is -0.784. The molecule has 2 aliphatic rings. The minimum Gasteiger partial charge on any atom is -0.507 e. The first kappa shape index (κ1) is 25.5. The highest BCUT2D eigenvalue weighted by molar-refractivity contribution is 6.46. The van der Waals surface area contributed by atoms with Gasteiger partial charge in [0, 0.05) is 31.7 Å². The topological polar surface area (TPSA) is 97.8 Å². The van der Waals surface area contributed by atoms with Gasteiger partial charge in [-0.15, -0.1) is 0 Å². The number of aryl methyl sites for hydroxylation is 1. The Morgan fingerprint density at radius 2 is 1.61 bits per heavy atom. The number of aliphatic hydroxyl groups is 1. The average Bonchev–Trinajstić information content (AvgIpc) is 3.16. The van der Waals surface area contributed by atoms with Crippen LogP contribution in [-0.4, -0.2) is 87.3 Å².